The summed E-state index contributed by atoms with van der Waals surface area (Å²) in [6.45, 7) is 0.775. The summed E-state index contributed by atoms with van der Waals surface area (Å²) in [6, 6.07) is 9.02. The molecule has 0 spiro atoms. The second-order valence-corrected chi connectivity index (χ2v) is 3.84. The molecule has 0 saturated carbocycles. The Hall–Kier alpha value is -1.64. The van der Waals surface area contributed by atoms with Crippen LogP contribution in [-0.2, 0) is 4.74 Å². The molecule has 0 saturated heterocycles. The summed E-state index contributed by atoms with van der Waals surface area (Å²) < 4.78 is 5.27. The van der Waals surface area contributed by atoms with Gasteiger partial charge >= 0.3 is 5.97 Å². The molecule has 0 atom stereocenters. The number of carbonyl (C=O) groups excluding carboxylic acids is 1. The molecule has 0 aromatic heterocycles. The molecule has 0 bridgehead atoms. The van der Waals surface area contributed by atoms with Crippen LogP contribution in [0.25, 0.3) is 0 Å². The highest BCUT2D eigenvalue weighted by atomic mass is 16.5. The van der Waals surface area contributed by atoms with Crippen LogP contribution in [0.15, 0.2) is 35.3 Å². The number of carbonyl (C=O) groups is 1. The quantitative estimate of drug-likeness (QED) is 0.678. The normalized spacial score (nSPS) is 16.1. The zero-order valence-corrected chi connectivity index (χ0v) is 9.19. The van der Waals surface area contributed by atoms with Gasteiger partial charge in [0.05, 0.1) is 5.56 Å². The van der Waals surface area contributed by atoms with Gasteiger partial charge in [0.1, 0.15) is 0 Å². The van der Waals surface area contributed by atoms with E-state index in [0.717, 1.165) is 32.2 Å². The number of hydrogen-bond donors (Lipinski definition) is 0. The Kier molecular flexibility index (Phi) is 3.70. The van der Waals surface area contributed by atoms with Gasteiger partial charge in [-0.2, -0.15) is 0 Å². The van der Waals surface area contributed by atoms with Crippen molar-refractivity contribution in [3.8, 4) is 0 Å². The summed E-state index contributed by atoms with van der Waals surface area (Å²) >= 11 is 0. The number of esters is 1. The molecular formula is C13H15NO2. The molecule has 3 heteroatoms. The SMILES string of the molecule is O=C(OC1=NCCCCC1)c1ccccc1. The minimum absolute atomic E-state index is 0.304. The fourth-order valence-corrected chi connectivity index (χ4v) is 1.67. The minimum Gasteiger partial charge on any atom is -0.408 e. The van der Waals surface area contributed by atoms with Crippen molar-refractivity contribution in [2.24, 2.45) is 4.99 Å². The third-order valence-electron chi connectivity index (χ3n) is 2.56. The monoisotopic (exact) mass is 217 g/mol. The molecule has 0 amide bonds. The highest BCUT2D eigenvalue weighted by molar-refractivity contribution is 5.98. The van der Waals surface area contributed by atoms with E-state index in [4.69, 9.17) is 4.74 Å². The van der Waals surface area contributed by atoms with Crippen molar-refractivity contribution in [2.75, 3.05) is 6.54 Å². The lowest BCUT2D eigenvalue weighted by Gasteiger charge is -2.05. The summed E-state index contributed by atoms with van der Waals surface area (Å²) in [7, 11) is 0. The van der Waals surface area contributed by atoms with Gasteiger partial charge in [-0.05, 0) is 25.0 Å². The molecule has 16 heavy (non-hydrogen) atoms. The van der Waals surface area contributed by atoms with E-state index in [1.54, 1.807) is 12.1 Å². The molecule has 1 aromatic carbocycles. The third kappa shape index (κ3) is 2.92. The molecule has 3 nitrogen and oxygen atoms in total. The Morgan fingerprint density at radius 1 is 1.12 bits per heavy atom. The number of aliphatic imine (C=N–C) groups is 1. The topological polar surface area (TPSA) is 38.7 Å². The molecule has 1 aliphatic rings. The highest BCUT2D eigenvalue weighted by Gasteiger charge is 2.12. The van der Waals surface area contributed by atoms with E-state index in [0.29, 0.717) is 11.5 Å². The van der Waals surface area contributed by atoms with Gasteiger partial charge in [0.25, 0.3) is 0 Å². The van der Waals surface area contributed by atoms with E-state index in [2.05, 4.69) is 4.99 Å². The average Bonchev–Trinajstić information content (AvgIpc) is 2.59. The number of rotatable bonds is 1. The average molecular weight is 217 g/mol. The van der Waals surface area contributed by atoms with Crippen molar-refractivity contribution >= 4 is 11.9 Å². The van der Waals surface area contributed by atoms with Crippen LogP contribution in [0.2, 0.25) is 0 Å². The Balaban J connectivity index is 1.99. The maximum absolute atomic E-state index is 11.7. The number of ether oxygens (including phenoxy) is 1. The Labute approximate surface area is 95.2 Å². The van der Waals surface area contributed by atoms with Gasteiger partial charge in [-0.15, -0.1) is 0 Å². The van der Waals surface area contributed by atoms with Crippen LogP contribution in [0.1, 0.15) is 36.0 Å². The Bertz CT molecular complexity index is 384. The Morgan fingerprint density at radius 3 is 2.75 bits per heavy atom. The number of hydrogen-bond acceptors (Lipinski definition) is 3. The van der Waals surface area contributed by atoms with Gasteiger partial charge in [0.15, 0.2) is 5.90 Å². The van der Waals surface area contributed by atoms with Crippen molar-refractivity contribution in [1.29, 1.82) is 0 Å². The van der Waals surface area contributed by atoms with Gasteiger partial charge in [0.2, 0.25) is 0 Å². The van der Waals surface area contributed by atoms with Crippen LogP contribution in [0.5, 0.6) is 0 Å². The molecule has 0 radical (unpaired) electrons. The van der Waals surface area contributed by atoms with E-state index < -0.39 is 0 Å². The molecule has 0 unspecified atom stereocenters. The van der Waals surface area contributed by atoms with Gasteiger partial charge in [-0.25, -0.2) is 4.79 Å². The first-order valence-corrected chi connectivity index (χ1v) is 5.67. The van der Waals surface area contributed by atoms with Crippen molar-refractivity contribution in [1.82, 2.24) is 0 Å². The molecule has 0 N–H and O–H groups in total. The maximum atomic E-state index is 11.7. The van der Waals surface area contributed by atoms with Crippen LogP contribution in [0, 0.1) is 0 Å². The van der Waals surface area contributed by atoms with Gasteiger partial charge < -0.3 is 4.74 Å². The lowest BCUT2D eigenvalue weighted by atomic mass is 10.2. The van der Waals surface area contributed by atoms with E-state index in [1.807, 2.05) is 18.2 Å². The molecule has 0 fully saturated rings. The summed E-state index contributed by atoms with van der Waals surface area (Å²) in [4.78, 5) is 16.0. The van der Waals surface area contributed by atoms with Crippen molar-refractivity contribution in [3.63, 3.8) is 0 Å². The standard InChI is InChI=1S/C13H15NO2/c15-13(11-7-3-1-4-8-11)16-12-9-5-2-6-10-14-12/h1,3-4,7-8H,2,5-6,9-10H2. The number of nitrogens with zero attached hydrogens (tertiary/aromatic N) is 1. The zero-order chi connectivity index (χ0) is 11.2. The number of benzene rings is 1. The van der Waals surface area contributed by atoms with Crippen LogP contribution in [-0.4, -0.2) is 18.4 Å². The first kappa shape index (κ1) is 10.9. The fourth-order valence-electron chi connectivity index (χ4n) is 1.67. The largest absolute Gasteiger partial charge is 0.408 e. The first-order valence-electron chi connectivity index (χ1n) is 5.67. The predicted molar refractivity (Wildman–Crippen MR) is 62.6 cm³/mol. The summed E-state index contributed by atoms with van der Waals surface area (Å²) in [5.74, 6) is 0.285. The van der Waals surface area contributed by atoms with E-state index in [-0.39, 0.29) is 5.97 Å². The van der Waals surface area contributed by atoms with Crippen LogP contribution >= 0.6 is 0 Å². The maximum Gasteiger partial charge on any atom is 0.344 e. The molecule has 84 valence electrons. The van der Waals surface area contributed by atoms with Gasteiger partial charge in [0, 0.05) is 13.0 Å². The summed E-state index contributed by atoms with van der Waals surface area (Å²) in [6.07, 6.45) is 4.09. The third-order valence-corrected chi connectivity index (χ3v) is 2.56. The highest BCUT2D eigenvalue weighted by Crippen LogP contribution is 2.10. The second-order valence-electron chi connectivity index (χ2n) is 3.84. The second kappa shape index (κ2) is 5.45. The zero-order valence-electron chi connectivity index (χ0n) is 9.19. The molecule has 1 aromatic rings. The first-order chi connectivity index (χ1) is 7.86. The van der Waals surface area contributed by atoms with E-state index in [9.17, 15) is 4.79 Å². The fraction of sp³-hybridized carbons (Fsp3) is 0.385. The summed E-state index contributed by atoms with van der Waals surface area (Å²) in [5, 5.41) is 0. The van der Waals surface area contributed by atoms with E-state index >= 15 is 0 Å². The van der Waals surface area contributed by atoms with Crippen molar-refractivity contribution in [3.05, 3.63) is 35.9 Å². The lowest BCUT2D eigenvalue weighted by Crippen LogP contribution is -2.12. The van der Waals surface area contributed by atoms with E-state index in [1.165, 1.54) is 0 Å². The molecular weight excluding hydrogens is 202 g/mol. The molecule has 0 aliphatic carbocycles. The van der Waals surface area contributed by atoms with Crippen LogP contribution in [0.4, 0.5) is 0 Å². The molecule has 1 aliphatic heterocycles. The van der Waals surface area contributed by atoms with Gasteiger partial charge in [-0.1, -0.05) is 24.6 Å². The smallest absolute Gasteiger partial charge is 0.344 e. The summed E-state index contributed by atoms with van der Waals surface area (Å²) in [5.41, 5.74) is 0.578. The molecule has 1 heterocycles. The van der Waals surface area contributed by atoms with Gasteiger partial charge in [-0.3, -0.25) is 4.99 Å². The van der Waals surface area contributed by atoms with Crippen molar-refractivity contribution in [2.45, 2.75) is 25.7 Å². The predicted octanol–water partition coefficient (Wildman–Crippen LogP) is 2.82. The molecule has 2 rings (SSSR count). The van der Waals surface area contributed by atoms with Crippen LogP contribution in [0.3, 0.4) is 0 Å². The Morgan fingerprint density at radius 2 is 1.94 bits per heavy atom. The minimum atomic E-state index is -0.304. The van der Waals surface area contributed by atoms with Crippen LogP contribution < -0.4 is 0 Å². The lowest BCUT2D eigenvalue weighted by molar-refractivity contribution is 0.0711. The van der Waals surface area contributed by atoms with Crippen molar-refractivity contribution < 1.29 is 9.53 Å².